The van der Waals surface area contributed by atoms with Gasteiger partial charge in [0.15, 0.2) is 0 Å². The SMILES string of the molecule is O=S1(=O)NC(O)=CN1c1cc2cc(CCCOCCO)ccc2cc1O. The number of rotatable bonds is 7. The van der Waals surface area contributed by atoms with Crippen molar-refractivity contribution in [3.63, 3.8) is 0 Å². The van der Waals surface area contributed by atoms with Gasteiger partial charge in [-0.1, -0.05) is 18.2 Å². The van der Waals surface area contributed by atoms with Crippen molar-refractivity contribution in [1.29, 1.82) is 0 Å². The van der Waals surface area contributed by atoms with Gasteiger partial charge in [-0.15, -0.1) is 0 Å². The molecule has 140 valence electrons. The van der Waals surface area contributed by atoms with E-state index in [-0.39, 0.29) is 18.0 Å². The van der Waals surface area contributed by atoms with E-state index < -0.39 is 16.1 Å². The molecule has 0 aliphatic carbocycles. The van der Waals surface area contributed by atoms with Crippen molar-refractivity contribution in [2.45, 2.75) is 12.8 Å². The van der Waals surface area contributed by atoms with Crippen LogP contribution in [0.5, 0.6) is 5.75 Å². The van der Waals surface area contributed by atoms with Gasteiger partial charge in [-0.25, -0.2) is 9.03 Å². The number of fused-ring (bicyclic) bond motifs is 1. The number of ether oxygens (including phenoxy) is 1. The largest absolute Gasteiger partial charge is 0.506 e. The Bertz CT molecular complexity index is 942. The Morgan fingerprint density at radius 1 is 1.08 bits per heavy atom. The summed E-state index contributed by atoms with van der Waals surface area (Å²) in [5, 5.41) is 29.8. The van der Waals surface area contributed by atoms with Gasteiger partial charge >= 0.3 is 10.2 Å². The lowest BCUT2D eigenvalue weighted by Gasteiger charge is -2.16. The van der Waals surface area contributed by atoms with Crippen molar-refractivity contribution in [3.8, 4) is 5.75 Å². The minimum atomic E-state index is -3.97. The zero-order valence-electron chi connectivity index (χ0n) is 13.9. The quantitative estimate of drug-likeness (QED) is 0.541. The number of anilines is 1. The highest BCUT2D eigenvalue weighted by atomic mass is 32.2. The lowest BCUT2D eigenvalue weighted by Crippen LogP contribution is -2.29. The third-order valence-electron chi connectivity index (χ3n) is 3.96. The van der Waals surface area contributed by atoms with Gasteiger partial charge in [0.1, 0.15) is 11.4 Å². The molecule has 9 heteroatoms. The molecule has 0 saturated heterocycles. The maximum atomic E-state index is 12.0. The fraction of sp³-hybridized carbons (Fsp3) is 0.294. The summed E-state index contributed by atoms with van der Waals surface area (Å²) in [6.45, 7) is 0.862. The number of phenolic OH excluding ortho intramolecular Hbond substituents is 1. The van der Waals surface area contributed by atoms with Gasteiger partial charge in [0, 0.05) is 6.61 Å². The van der Waals surface area contributed by atoms with E-state index in [1.54, 1.807) is 6.07 Å². The second-order valence-electron chi connectivity index (χ2n) is 5.88. The van der Waals surface area contributed by atoms with Crippen LogP contribution in [0.1, 0.15) is 12.0 Å². The van der Waals surface area contributed by atoms with Crippen LogP contribution in [0.2, 0.25) is 0 Å². The predicted molar refractivity (Wildman–Crippen MR) is 97.1 cm³/mol. The van der Waals surface area contributed by atoms with Gasteiger partial charge in [0.05, 0.1) is 19.4 Å². The molecule has 1 aliphatic rings. The smallest absolute Gasteiger partial charge is 0.330 e. The number of aliphatic hydroxyl groups is 2. The minimum absolute atomic E-state index is 0.000506. The molecule has 1 heterocycles. The van der Waals surface area contributed by atoms with Gasteiger partial charge in [-0.2, -0.15) is 8.42 Å². The van der Waals surface area contributed by atoms with Crippen LogP contribution in [0, 0.1) is 0 Å². The summed E-state index contributed by atoms with van der Waals surface area (Å²) in [5.74, 6) is -0.722. The number of hydrogen-bond acceptors (Lipinski definition) is 6. The van der Waals surface area contributed by atoms with Crippen LogP contribution in [0.4, 0.5) is 5.69 Å². The Labute approximate surface area is 151 Å². The molecule has 3 rings (SSSR count). The van der Waals surface area contributed by atoms with E-state index in [0.29, 0.717) is 13.2 Å². The first kappa shape index (κ1) is 18.3. The fourth-order valence-corrected chi connectivity index (χ4v) is 3.85. The van der Waals surface area contributed by atoms with Crippen molar-refractivity contribution < 1.29 is 28.5 Å². The van der Waals surface area contributed by atoms with Crippen molar-refractivity contribution in [1.82, 2.24) is 4.72 Å². The van der Waals surface area contributed by atoms with E-state index in [0.717, 1.165) is 39.7 Å². The summed E-state index contributed by atoms with van der Waals surface area (Å²) in [5.41, 5.74) is 1.10. The lowest BCUT2D eigenvalue weighted by molar-refractivity contribution is 0.0909. The first-order valence-electron chi connectivity index (χ1n) is 8.08. The number of nitrogens with one attached hydrogen (secondary N) is 1. The topological polar surface area (TPSA) is 119 Å². The molecule has 0 atom stereocenters. The van der Waals surface area contributed by atoms with Crippen molar-refractivity contribution in [3.05, 3.63) is 48.0 Å². The number of nitrogens with zero attached hydrogens (tertiary/aromatic N) is 1. The summed E-state index contributed by atoms with van der Waals surface area (Å²) in [4.78, 5) is 0. The number of hydrogen-bond donors (Lipinski definition) is 4. The molecule has 4 N–H and O–H groups in total. The minimum Gasteiger partial charge on any atom is -0.506 e. The van der Waals surface area contributed by atoms with Crippen LogP contribution in [0.15, 0.2) is 42.4 Å². The standard InChI is InChI=1S/C17H20N2O6S/c20-5-7-25-6-1-2-12-3-4-13-10-16(21)15(9-14(13)8-12)19-11-17(22)18-26(19,23)24/h3-4,8-11,18,20-22H,1-2,5-7H2. The van der Waals surface area contributed by atoms with Gasteiger partial charge in [-0.3, -0.25) is 0 Å². The maximum Gasteiger partial charge on any atom is 0.330 e. The molecular formula is C17H20N2O6S. The second kappa shape index (κ2) is 7.40. The Morgan fingerprint density at radius 3 is 2.58 bits per heavy atom. The normalized spacial score (nSPS) is 15.9. The molecule has 2 aromatic carbocycles. The van der Waals surface area contributed by atoms with Crippen LogP contribution in [0.3, 0.4) is 0 Å². The Morgan fingerprint density at radius 2 is 1.88 bits per heavy atom. The first-order chi connectivity index (χ1) is 12.4. The Hall–Kier alpha value is -2.49. The zero-order chi connectivity index (χ0) is 18.7. The molecule has 0 saturated carbocycles. The number of aromatic hydroxyl groups is 1. The van der Waals surface area contributed by atoms with Crippen molar-refractivity contribution in [2.24, 2.45) is 0 Å². The molecule has 0 unspecified atom stereocenters. The molecule has 0 radical (unpaired) electrons. The van der Waals surface area contributed by atoms with Crippen LogP contribution < -0.4 is 9.03 Å². The van der Waals surface area contributed by atoms with Gasteiger partial charge in [0.2, 0.25) is 5.88 Å². The molecule has 8 nitrogen and oxygen atoms in total. The van der Waals surface area contributed by atoms with Crippen LogP contribution in [-0.4, -0.2) is 43.6 Å². The van der Waals surface area contributed by atoms with E-state index in [4.69, 9.17) is 9.84 Å². The summed E-state index contributed by atoms with van der Waals surface area (Å²) >= 11 is 0. The molecular weight excluding hydrogens is 360 g/mol. The second-order valence-corrected chi connectivity index (χ2v) is 7.43. The maximum absolute atomic E-state index is 12.0. The molecule has 1 aliphatic heterocycles. The molecule has 0 aromatic heterocycles. The van der Waals surface area contributed by atoms with Gasteiger partial charge < -0.3 is 20.1 Å². The Kier molecular flexibility index (Phi) is 5.21. The zero-order valence-corrected chi connectivity index (χ0v) is 14.7. The molecule has 0 amide bonds. The molecule has 0 fully saturated rings. The van der Waals surface area contributed by atoms with Crippen molar-refractivity contribution in [2.75, 3.05) is 24.1 Å². The van der Waals surface area contributed by atoms with E-state index in [9.17, 15) is 18.6 Å². The summed E-state index contributed by atoms with van der Waals surface area (Å²) in [6, 6.07) is 8.76. The van der Waals surface area contributed by atoms with E-state index >= 15 is 0 Å². The van der Waals surface area contributed by atoms with Gasteiger partial charge in [0.25, 0.3) is 0 Å². The highest BCUT2D eigenvalue weighted by Gasteiger charge is 2.30. The summed E-state index contributed by atoms with van der Waals surface area (Å²) in [7, 11) is -3.97. The molecule has 0 bridgehead atoms. The highest BCUT2D eigenvalue weighted by molar-refractivity contribution is 7.91. The first-order valence-corrected chi connectivity index (χ1v) is 9.52. The average molecular weight is 380 g/mol. The molecule has 26 heavy (non-hydrogen) atoms. The average Bonchev–Trinajstić information content (AvgIpc) is 2.86. The number of aliphatic hydroxyl groups excluding tert-OH is 2. The number of phenols is 1. The van der Waals surface area contributed by atoms with Crippen LogP contribution >= 0.6 is 0 Å². The monoisotopic (exact) mass is 380 g/mol. The predicted octanol–water partition coefficient (Wildman–Crippen LogP) is 1.50. The molecule has 2 aromatic rings. The fourth-order valence-electron chi connectivity index (χ4n) is 2.79. The molecule has 0 spiro atoms. The number of aryl methyl sites for hydroxylation is 1. The van der Waals surface area contributed by atoms with Crippen LogP contribution in [-0.2, 0) is 21.4 Å². The third kappa shape index (κ3) is 3.85. The van der Waals surface area contributed by atoms with E-state index in [1.165, 1.54) is 6.07 Å². The highest BCUT2D eigenvalue weighted by Crippen LogP contribution is 2.35. The lowest BCUT2D eigenvalue weighted by atomic mass is 10.0. The third-order valence-corrected chi connectivity index (χ3v) is 5.24. The number of benzene rings is 2. The Balaban J connectivity index is 1.86. The van der Waals surface area contributed by atoms with Crippen LogP contribution in [0.25, 0.3) is 10.8 Å². The van der Waals surface area contributed by atoms with E-state index in [1.807, 2.05) is 22.9 Å². The van der Waals surface area contributed by atoms with Crippen molar-refractivity contribution >= 4 is 26.7 Å². The van der Waals surface area contributed by atoms with Gasteiger partial charge in [-0.05, 0) is 41.3 Å². The summed E-state index contributed by atoms with van der Waals surface area (Å²) < 4.78 is 32.0. The summed E-state index contributed by atoms with van der Waals surface area (Å²) in [6.07, 6.45) is 2.55. The van der Waals surface area contributed by atoms with E-state index in [2.05, 4.69) is 0 Å².